The third-order valence-corrected chi connectivity index (χ3v) is 9.05. The van der Waals surface area contributed by atoms with Crippen LogP contribution < -0.4 is 16.0 Å². The lowest BCUT2D eigenvalue weighted by Crippen LogP contribution is -2.53. The summed E-state index contributed by atoms with van der Waals surface area (Å²) >= 11 is 0. The highest BCUT2D eigenvalue weighted by Crippen LogP contribution is 2.23. The number of hydrogen-bond acceptors (Lipinski definition) is 5. The third-order valence-electron chi connectivity index (χ3n) is 9.05. The van der Waals surface area contributed by atoms with Crippen LogP contribution in [0.3, 0.4) is 0 Å². The van der Waals surface area contributed by atoms with E-state index in [-0.39, 0.29) is 36.7 Å². The quantitative estimate of drug-likeness (QED) is 0.101. The molecule has 4 aromatic carbocycles. The van der Waals surface area contributed by atoms with Gasteiger partial charge in [-0.05, 0) is 45.7 Å². The van der Waals surface area contributed by atoms with Crippen molar-refractivity contribution < 1.29 is 19.4 Å². The summed E-state index contributed by atoms with van der Waals surface area (Å²) in [6.45, 7) is 9.56. The van der Waals surface area contributed by atoms with E-state index in [1.54, 1.807) is 0 Å². The second-order valence-corrected chi connectivity index (χ2v) is 12.9. The molecule has 0 bridgehead atoms. The Morgan fingerprint density at radius 2 is 1.38 bits per heavy atom. The first-order chi connectivity index (χ1) is 22.8. The van der Waals surface area contributed by atoms with E-state index >= 15 is 0 Å². The molecule has 2 amide bonds. The number of fused-ring (bicyclic) bond motifs is 1. The van der Waals surface area contributed by atoms with E-state index in [0.29, 0.717) is 19.7 Å². The number of carbonyl (C=O) groups excluding carboxylic acids is 2. The fourth-order valence-corrected chi connectivity index (χ4v) is 5.83. The van der Waals surface area contributed by atoms with Gasteiger partial charge in [-0.25, -0.2) is 0 Å². The van der Waals surface area contributed by atoms with Crippen LogP contribution in [0.1, 0.15) is 57.2 Å². The first-order valence-electron chi connectivity index (χ1n) is 16.9. The molecule has 7 heteroatoms. The van der Waals surface area contributed by atoms with Crippen LogP contribution in [-0.2, 0) is 34.0 Å². The fourth-order valence-electron chi connectivity index (χ4n) is 5.83. The van der Waals surface area contributed by atoms with Crippen LogP contribution >= 0.6 is 0 Å². The number of amides is 2. The summed E-state index contributed by atoms with van der Waals surface area (Å²) < 4.78 is 6.23. The number of carbonyl (C=O) groups is 2. The second-order valence-electron chi connectivity index (χ2n) is 12.9. The SMILES string of the molecule is CCC(C)C(NC(=O)C(CC(O)C(COCc1cccc2ccccc12)NCc1ccccc1)C(C)C)C(=O)NCc1ccccc1. The topological polar surface area (TPSA) is 99.7 Å². The van der Waals surface area contributed by atoms with E-state index in [2.05, 4.69) is 40.2 Å². The Morgan fingerprint density at radius 1 is 0.766 bits per heavy atom. The third kappa shape index (κ3) is 10.7. The first-order valence-corrected chi connectivity index (χ1v) is 16.9. The molecule has 0 aliphatic carbocycles. The molecule has 0 fully saturated rings. The summed E-state index contributed by atoms with van der Waals surface area (Å²) in [6.07, 6.45) is 0.100. The molecule has 0 aliphatic heterocycles. The number of nitrogens with one attached hydrogen (secondary N) is 3. The Kier molecular flexibility index (Phi) is 14.0. The lowest BCUT2D eigenvalue weighted by atomic mass is 9.86. The van der Waals surface area contributed by atoms with E-state index in [4.69, 9.17) is 4.74 Å². The van der Waals surface area contributed by atoms with Gasteiger partial charge in [0.15, 0.2) is 0 Å². The van der Waals surface area contributed by atoms with Gasteiger partial charge in [0.05, 0.1) is 25.4 Å². The zero-order valence-electron chi connectivity index (χ0n) is 28.2. The number of benzene rings is 4. The summed E-state index contributed by atoms with van der Waals surface area (Å²) in [4.78, 5) is 27.1. The molecule has 4 rings (SSSR count). The number of aliphatic hydroxyl groups excluding tert-OH is 1. The van der Waals surface area contributed by atoms with Crippen molar-refractivity contribution in [1.82, 2.24) is 16.0 Å². The summed E-state index contributed by atoms with van der Waals surface area (Å²) in [5.74, 6) is -1.05. The molecule has 0 radical (unpaired) electrons. The number of hydrogen-bond donors (Lipinski definition) is 4. The molecule has 0 spiro atoms. The van der Waals surface area contributed by atoms with Crippen molar-refractivity contribution in [3.05, 3.63) is 120 Å². The molecule has 5 unspecified atom stereocenters. The maximum atomic E-state index is 13.8. The molecule has 0 saturated carbocycles. The van der Waals surface area contributed by atoms with Gasteiger partial charge in [-0.3, -0.25) is 9.59 Å². The lowest BCUT2D eigenvalue weighted by Gasteiger charge is -2.31. The maximum Gasteiger partial charge on any atom is 0.243 e. The highest BCUT2D eigenvalue weighted by atomic mass is 16.5. The molecule has 47 heavy (non-hydrogen) atoms. The van der Waals surface area contributed by atoms with Gasteiger partial charge >= 0.3 is 0 Å². The van der Waals surface area contributed by atoms with Crippen LogP contribution in [0.15, 0.2) is 103 Å². The predicted octanol–water partition coefficient (Wildman–Crippen LogP) is 6.39. The van der Waals surface area contributed by atoms with Crippen molar-refractivity contribution in [2.24, 2.45) is 17.8 Å². The minimum absolute atomic E-state index is 0.0546. The standard InChI is InChI=1S/C40H51N3O4/c1-5-29(4)38(40(46)42-25-31-17-10-7-11-18-31)43-39(45)35(28(2)3)23-37(44)36(41-24-30-15-8-6-9-16-30)27-47-26-33-21-14-20-32-19-12-13-22-34(32)33/h6-22,28-29,35-38,41,44H,5,23-27H2,1-4H3,(H,42,46)(H,43,45). The average Bonchev–Trinajstić information content (AvgIpc) is 3.10. The average molecular weight is 638 g/mol. The Bertz CT molecular complexity index is 1520. The van der Waals surface area contributed by atoms with Gasteiger partial charge < -0.3 is 25.8 Å². The lowest BCUT2D eigenvalue weighted by molar-refractivity contribution is -0.134. The molecule has 4 N–H and O–H groups in total. The first kappa shape index (κ1) is 35.8. The summed E-state index contributed by atoms with van der Waals surface area (Å²) in [5.41, 5.74) is 3.17. The van der Waals surface area contributed by atoms with E-state index < -0.39 is 24.1 Å². The smallest absolute Gasteiger partial charge is 0.243 e. The van der Waals surface area contributed by atoms with Crippen LogP contribution in [0.2, 0.25) is 0 Å². The van der Waals surface area contributed by atoms with E-state index in [1.165, 1.54) is 0 Å². The predicted molar refractivity (Wildman–Crippen MR) is 189 cm³/mol. The number of rotatable bonds is 18. The highest BCUT2D eigenvalue weighted by Gasteiger charge is 2.33. The second kappa shape index (κ2) is 18.3. The Balaban J connectivity index is 1.43. The van der Waals surface area contributed by atoms with E-state index in [9.17, 15) is 14.7 Å². The van der Waals surface area contributed by atoms with Gasteiger partial charge in [0.1, 0.15) is 6.04 Å². The molecule has 4 aromatic rings. The summed E-state index contributed by atoms with van der Waals surface area (Å²) in [7, 11) is 0. The van der Waals surface area contributed by atoms with Crippen LogP contribution in [0, 0.1) is 17.8 Å². The van der Waals surface area contributed by atoms with Crippen molar-refractivity contribution in [2.45, 2.75) is 78.4 Å². The Morgan fingerprint density at radius 3 is 2.04 bits per heavy atom. The van der Waals surface area contributed by atoms with Crippen molar-refractivity contribution in [1.29, 1.82) is 0 Å². The molecule has 0 saturated heterocycles. The summed E-state index contributed by atoms with van der Waals surface area (Å²) in [6, 6.07) is 33.1. The highest BCUT2D eigenvalue weighted by molar-refractivity contribution is 5.89. The zero-order valence-corrected chi connectivity index (χ0v) is 28.2. The molecular weight excluding hydrogens is 586 g/mol. The molecule has 7 nitrogen and oxygen atoms in total. The molecule has 5 atom stereocenters. The zero-order chi connectivity index (χ0) is 33.6. The molecule has 0 heterocycles. The summed E-state index contributed by atoms with van der Waals surface area (Å²) in [5, 5.41) is 23.5. The maximum absolute atomic E-state index is 13.8. The van der Waals surface area contributed by atoms with Crippen molar-refractivity contribution in [2.75, 3.05) is 6.61 Å². The Hall–Kier alpha value is -4.04. The van der Waals surface area contributed by atoms with Gasteiger partial charge in [0.25, 0.3) is 0 Å². The van der Waals surface area contributed by atoms with Gasteiger partial charge in [0, 0.05) is 19.0 Å². The van der Waals surface area contributed by atoms with Crippen LogP contribution in [0.4, 0.5) is 0 Å². The normalized spacial score (nSPS) is 14.7. The van der Waals surface area contributed by atoms with Crippen molar-refractivity contribution in [3.8, 4) is 0 Å². The largest absolute Gasteiger partial charge is 0.391 e. The van der Waals surface area contributed by atoms with Crippen LogP contribution in [0.5, 0.6) is 0 Å². The monoisotopic (exact) mass is 637 g/mol. The van der Waals surface area contributed by atoms with Gasteiger partial charge in [0.2, 0.25) is 11.8 Å². The van der Waals surface area contributed by atoms with Gasteiger partial charge in [-0.15, -0.1) is 0 Å². The number of aliphatic hydroxyl groups is 1. The van der Waals surface area contributed by atoms with Crippen molar-refractivity contribution >= 4 is 22.6 Å². The van der Waals surface area contributed by atoms with E-state index in [1.807, 2.05) is 107 Å². The molecule has 0 aromatic heterocycles. The minimum Gasteiger partial charge on any atom is -0.391 e. The van der Waals surface area contributed by atoms with Crippen molar-refractivity contribution in [3.63, 3.8) is 0 Å². The number of ether oxygens (including phenoxy) is 1. The van der Waals surface area contributed by atoms with E-state index in [0.717, 1.165) is 33.9 Å². The molecule has 0 aliphatic rings. The fraction of sp³-hybridized carbons (Fsp3) is 0.400. The Labute approximate surface area is 280 Å². The van der Waals surface area contributed by atoms with Gasteiger partial charge in [-0.2, -0.15) is 0 Å². The van der Waals surface area contributed by atoms with Gasteiger partial charge in [-0.1, -0.05) is 137 Å². The van der Waals surface area contributed by atoms with Crippen LogP contribution in [0.25, 0.3) is 10.8 Å². The molecular formula is C40H51N3O4. The minimum atomic E-state index is -0.863. The van der Waals surface area contributed by atoms with Crippen LogP contribution in [-0.4, -0.2) is 41.7 Å². The molecule has 250 valence electrons.